The zero-order valence-electron chi connectivity index (χ0n) is 10.0. The molecule has 5 nitrogen and oxygen atoms in total. The first-order chi connectivity index (χ1) is 8.74. The Morgan fingerprint density at radius 3 is 2.72 bits per heavy atom. The van der Waals surface area contributed by atoms with Gasteiger partial charge in [0.05, 0.1) is 6.61 Å². The van der Waals surface area contributed by atoms with Gasteiger partial charge in [-0.2, -0.15) is 4.98 Å². The molecule has 2 aromatic rings. The van der Waals surface area contributed by atoms with Crippen molar-refractivity contribution in [3.05, 3.63) is 30.2 Å². The van der Waals surface area contributed by atoms with Gasteiger partial charge in [-0.25, -0.2) is 4.79 Å². The topological polar surface area (TPSA) is 65.2 Å². The lowest BCUT2D eigenvalue weighted by Crippen LogP contribution is -2.04. The molecule has 0 radical (unpaired) electrons. The summed E-state index contributed by atoms with van der Waals surface area (Å²) in [6.45, 7) is 2.00. The zero-order valence-corrected chi connectivity index (χ0v) is 10.9. The lowest BCUT2D eigenvalue weighted by atomic mass is 10.2. The van der Waals surface area contributed by atoms with Crippen LogP contribution in [0.25, 0.3) is 11.4 Å². The summed E-state index contributed by atoms with van der Waals surface area (Å²) in [7, 11) is 0. The average molecular weight is 264 g/mol. The zero-order chi connectivity index (χ0) is 13.0. The highest BCUT2D eigenvalue weighted by atomic mass is 32.2. The van der Waals surface area contributed by atoms with Gasteiger partial charge in [0.25, 0.3) is 0 Å². The molecule has 0 aliphatic rings. The van der Waals surface area contributed by atoms with E-state index in [9.17, 15) is 4.79 Å². The first-order valence-electron chi connectivity index (χ1n) is 5.40. The highest BCUT2D eigenvalue weighted by molar-refractivity contribution is 7.98. The lowest BCUT2D eigenvalue weighted by molar-refractivity contribution is 0.0470. The molecule has 0 aliphatic carbocycles. The summed E-state index contributed by atoms with van der Waals surface area (Å²) in [5, 5.41) is 3.75. The van der Waals surface area contributed by atoms with Crippen LogP contribution in [0, 0.1) is 0 Å². The van der Waals surface area contributed by atoms with Crippen LogP contribution in [0.2, 0.25) is 0 Å². The van der Waals surface area contributed by atoms with Crippen molar-refractivity contribution in [3.8, 4) is 11.4 Å². The molecule has 0 spiro atoms. The van der Waals surface area contributed by atoms with Crippen molar-refractivity contribution in [2.24, 2.45) is 0 Å². The minimum atomic E-state index is -0.600. The predicted octanol–water partition coefficient (Wildman–Crippen LogP) is 2.64. The van der Waals surface area contributed by atoms with Crippen LogP contribution in [-0.2, 0) is 4.74 Å². The van der Waals surface area contributed by atoms with Gasteiger partial charge >= 0.3 is 11.9 Å². The first kappa shape index (κ1) is 12.6. The minimum absolute atomic E-state index is 0.124. The van der Waals surface area contributed by atoms with Crippen LogP contribution in [0.1, 0.15) is 17.6 Å². The van der Waals surface area contributed by atoms with Crippen molar-refractivity contribution in [3.63, 3.8) is 0 Å². The molecule has 2 rings (SSSR count). The second-order valence-electron chi connectivity index (χ2n) is 3.37. The monoisotopic (exact) mass is 264 g/mol. The molecule has 0 fully saturated rings. The molecule has 18 heavy (non-hydrogen) atoms. The second-order valence-corrected chi connectivity index (χ2v) is 4.25. The second kappa shape index (κ2) is 5.68. The van der Waals surface area contributed by atoms with Crippen LogP contribution in [-0.4, -0.2) is 29.0 Å². The standard InChI is InChI=1S/C12H12N2O3S/c1-3-16-12(15)11-13-10(14-17-11)8-4-6-9(18-2)7-5-8/h4-7H,3H2,1-2H3. The summed E-state index contributed by atoms with van der Waals surface area (Å²) in [6.07, 6.45) is 2.00. The van der Waals surface area contributed by atoms with Gasteiger partial charge in [0.15, 0.2) is 0 Å². The van der Waals surface area contributed by atoms with E-state index in [1.165, 1.54) is 0 Å². The maximum absolute atomic E-state index is 11.4. The Labute approximate surface area is 109 Å². The number of thioether (sulfide) groups is 1. The number of benzene rings is 1. The molecule has 0 N–H and O–H groups in total. The molecule has 94 valence electrons. The Bertz CT molecular complexity index is 537. The third-order valence-electron chi connectivity index (χ3n) is 2.22. The summed E-state index contributed by atoms with van der Waals surface area (Å²) < 4.78 is 9.62. The fraction of sp³-hybridized carbons (Fsp3) is 0.250. The van der Waals surface area contributed by atoms with E-state index in [1.807, 2.05) is 30.5 Å². The van der Waals surface area contributed by atoms with Crippen molar-refractivity contribution >= 4 is 17.7 Å². The van der Waals surface area contributed by atoms with E-state index in [4.69, 9.17) is 9.26 Å². The van der Waals surface area contributed by atoms with Gasteiger partial charge in [-0.1, -0.05) is 5.16 Å². The number of carbonyl (C=O) groups is 1. The number of esters is 1. The number of hydrogen-bond acceptors (Lipinski definition) is 6. The van der Waals surface area contributed by atoms with Crippen LogP contribution in [0.4, 0.5) is 0 Å². The lowest BCUT2D eigenvalue weighted by Gasteiger charge is -1.96. The van der Waals surface area contributed by atoms with Crippen molar-refractivity contribution in [2.45, 2.75) is 11.8 Å². The molecule has 0 saturated carbocycles. The summed E-state index contributed by atoms with van der Waals surface area (Å²) in [4.78, 5) is 16.5. The highest BCUT2D eigenvalue weighted by Gasteiger charge is 2.16. The van der Waals surface area contributed by atoms with Crippen LogP contribution >= 0.6 is 11.8 Å². The predicted molar refractivity (Wildman–Crippen MR) is 67.5 cm³/mol. The smallest absolute Gasteiger partial charge is 0.397 e. The molecule has 0 aliphatic heterocycles. The SMILES string of the molecule is CCOC(=O)c1nc(-c2ccc(SC)cc2)no1. The quantitative estimate of drug-likeness (QED) is 0.624. The molecule has 0 unspecified atom stereocenters. The molecule has 6 heteroatoms. The maximum atomic E-state index is 11.4. The Morgan fingerprint density at radius 2 is 2.11 bits per heavy atom. The molecular formula is C12H12N2O3S. The van der Waals surface area contributed by atoms with Crippen molar-refractivity contribution in [2.75, 3.05) is 12.9 Å². The van der Waals surface area contributed by atoms with Gasteiger partial charge in [0.2, 0.25) is 5.82 Å². The van der Waals surface area contributed by atoms with Gasteiger partial charge in [-0.15, -0.1) is 11.8 Å². The van der Waals surface area contributed by atoms with E-state index in [-0.39, 0.29) is 12.5 Å². The first-order valence-corrected chi connectivity index (χ1v) is 6.62. The molecule has 1 aromatic heterocycles. The third-order valence-corrected chi connectivity index (χ3v) is 2.97. The van der Waals surface area contributed by atoms with Gasteiger partial charge in [-0.3, -0.25) is 0 Å². The number of nitrogens with zero attached hydrogens (tertiary/aromatic N) is 2. The molecule has 0 saturated heterocycles. The number of hydrogen-bond donors (Lipinski definition) is 0. The highest BCUT2D eigenvalue weighted by Crippen LogP contribution is 2.20. The summed E-state index contributed by atoms with van der Waals surface area (Å²) in [6, 6.07) is 7.68. The summed E-state index contributed by atoms with van der Waals surface area (Å²) in [5.41, 5.74) is 0.798. The Hall–Kier alpha value is -1.82. The molecule has 1 aromatic carbocycles. The van der Waals surface area contributed by atoms with Crippen molar-refractivity contribution in [1.82, 2.24) is 10.1 Å². The molecular weight excluding hydrogens is 252 g/mol. The van der Waals surface area contributed by atoms with E-state index in [0.717, 1.165) is 10.5 Å². The Kier molecular flexibility index (Phi) is 3.99. The van der Waals surface area contributed by atoms with E-state index >= 15 is 0 Å². The van der Waals surface area contributed by atoms with Crippen LogP contribution < -0.4 is 0 Å². The fourth-order valence-corrected chi connectivity index (χ4v) is 1.76. The largest absolute Gasteiger partial charge is 0.459 e. The maximum Gasteiger partial charge on any atom is 0.397 e. The minimum Gasteiger partial charge on any atom is -0.459 e. The Balaban J connectivity index is 2.20. The van der Waals surface area contributed by atoms with Gasteiger partial charge in [0.1, 0.15) is 0 Å². The number of ether oxygens (including phenoxy) is 1. The number of carbonyl (C=O) groups excluding carboxylic acids is 1. The van der Waals surface area contributed by atoms with E-state index in [1.54, 1.807) is 18.7 Å². The van der Waals surface area contributed by atoms with Gasteiger partial charge < -0.3 is 9.26 Å². The number of rotatable bonds is 4. The van der Waals surface area contributed by atoms with Crippen LogP contribution in [0.5, 0.6) is 0 Å². The van der Waals surface area contributed by atoms with Crippen molar-refractivity contribution in [1.29, 1.82) is 0 Å². The third kappa shape index (κ3) is 2.70. The van der Waals surface area contributed by atoms with E-state index in [0.29, 0.717) is 5.82 Å². The molecule has 0 bridgehead atoms. The fourth-order valence-electron chi connectivity index (χ4n) is 1.36. The van der Waals surface area contributed by atoms with Gasteiger partial charge in [0, 0.05) is 10.5 Å². The summed E-state index contributed by atoms with van der Waals surface area (Å²) in [5.74, 6) is -0.344. The normalized spacial score (nSPS) is 10.3. The van der Waals surface area contributed by atoms with E-state index in [2.05, 4.69) is 10.1 Å². The average Bonchev–Trinajstić information content (AvgIpc) is 2.89. The van der Waals surface area contributed by atoms with Gasteiger partial charge in [-0.05, 0) is 37.4 Å². The van der Waals surface area contributed by atoms with E-state index < -0.39 is 5.97 Å². The van der Waals surface area contributed by atoms with Crippen molar-refractivity contribution < 1.29 is 14.1 Å². The van der Waals surface area contributed by atoms with Crippen LogP contribution in [0.3, 0.4) is 0 Å². The number of aromatic nitrogens is 2. The molecule has 1 heterocycles. The summed E-state index contributed by atoms with van der Waals surface area (Å²) >= 11 is 1.65. The molecule has 0 atom stereocenters. The molecule has 0 amide bonds. The Morgan fingerprint density at radius 1 is 1.39 bits per heavy atom. The van der Waals surface area contributed by atoms with Crippen LogP contribution in [0.15, 0.2) is 33.7 Å².